The van der Waals surface area contributed by atoms with Crippen molar-refractivity contribution in [3.05, 3.63) is 63.7 Å². The molecule has 0 saturated heterocycles. The number of nitrogens with one attached hydrogen (secondary N) is 1. The topological polar surface area (TPSA) is 108 Å². The van der Waals surface area contributed by atoms with Crippen LogP contribution in [-0.4, -0.2) is 37.9 Å². The number of methoxy groups -OCH3 is 2. The smallest absolute Gasteiger partial charge is 0.269 e. The van der Waals surface area contributed by atoms with Crippen LogP contribution in [0.1, 0.15) is 17.0 Å². The maximum atomic E-state index is 12.3. The summed E-state index contributed by atoms with van der Waals surface area (Å²) >= 11 is 0. The predicted molar refractivity (Wildman–Crippen MR) is 98.2 cm³/mol. The van der Waals surface area contributed by atoms with Gasteiger partial charge in [-0.25, -0.2) is 0 Å². The van der Waals surface area contributed by atoms with Gasteiger partial charge in [0.15, 0.2) is 11.5 Å². The predicted octanol–water partition coefficient (Wildman–Crippen LogP) is 2.25. The molecular formula is C19H20N2O6. The second-order valence-corrected chi connectivity index (χ2v) is 5.69. The van der Waals surface area contributed by atoms with Crippen LogP contribution in [0.25, 0.3) is 0 Å². The average Bonchev–Trinajstić information content (AvgIpc) is 2.68. The fraction of sp³-hybridized carbons (Fsp3) is 0.263. The van der Waals surface area contributed by atoms with Crippen LogP contribution in [0, 0.1) is 10.1 Å². The highest BCUT2D eigenvalue weighted by Gasteiger charge is 2.20. The molecule has 8 heteroatoms. The van der Waals surface area contributed by atoms with Crippen molar-refractivity contribution < 1.29 is 24.0 Å². The van der Waals surface area contributed by atoms with E-state index in [2.05, 4.69) is 5.32 Å². The van der Waals surface area contributed by atoms with Crippen molar-refractivity contribution in [2.75, 3.05) is 20.8 Å². The Bertz CT molecular complexity index is 819. The molecule has 0 bridgehead atoms. The van der Waals surface area contributed by atoms with E-state index in [4.69, 9.17) is 9.47 Å². The molecule has 2 rings (SSSR count). The molecule has 0 spiro atoms. The number of aldehydes is 1. The molecule has 0 aliphatic heterocycles. The summed E-state index contributed by atoms with van der Waals surface area (Å²) in [4.78, 5) is 33.8. The fourth-order valence-electron chi connectivity index (χ4n) is 2.57. The lowest BCUT2D eigenvalue weighted by Gasteiger charge is -2.12. The quantitative estimate of drug-likeness (QED) is 0.313. The van der Waals surface area contributed by atoms with Crippen LogP contribution in [0.3, 0.4) is 0 Å². The second kappa shape index (κ2) is 9.33. The zero-order valence-electron chi connectivity index (χ0n) is 15.0. The van der Waals surface area contributed by atoms with Crippen LogP contribution in [0.4, 0.5) is 5.69 Å². The van der Waals surface area contributed by atoms with Gasteiger partial charge in [0, 0.05) is 18.7 Å². The third-order valence-electron chi connectivity index (χ3n) is 4.04. The summed E-state index contributed by atoms with van der Waals surface area (Å²) in [5.41, 5.74) is 1.24. The Morgan fingerprint density at radius 3 is 2.37 bits per heavy atom. The van der Waals surface area contributed by atoms with Crippen molar-refractivity contribution in [2.24, 2.45) is 0 Å². The van der Waals surface area contributed by atoms with Crippen molar-refractivity contribution in [3.63, 3.8) is 0 Å². The largest absolute Gasteiger partial charge is 0.493 e. The first-order valence-electron chi connectivity index (χ1n) is 8.18. The van der Waals surface area contributed by atoms with Gasteiger partial charge in [0.1, 0.15) is 12.2 Å². The number of hydrogen-bond donors (Lipinski definition) is 1. The van der Waals surface area contributed by atoms with Crippen LogP contribution < -0.4 is 14.8 Å². The first kappa shape index (κ1) is 19.9. The van der Waals surface area contributed by atoms with E-state index < -0.39 is 16.7 Å². The minimum atomic E-state index is -1.02. The highest BCUT2D eigenvalue weighted by atomic mass is 16.6. The number of carbonyl (C=O) groups excluding carboxylic acids is 2. The molecule has 0 fully saturated rings. The lowest BCUT2D eigenvalue weighted by atomic mass is 9.99. The summed E-state index contributed by atoms with van der Waals surface area (Å²) in [7, 11) is 3.10. The van der Waals surface area contributed by atoms with Crippen LogP contribution in [-0.2, 0) is 16.0 Å². The minimum absolute atomic E-state index is 0.0998. The van der Waals surface area contributed by atoms with Crippen molar-refractivity contribution in [1.82, 2.24) is 5.32 Å². The highest BCUT2D eigenvalue weighted by Crippen LogP contribution is 2.27. The number of carbonyl (C=O) groups is 2. The number of non-ortho nitro benzene ring substituents is 1. The molecular weight excluding hydrogens is 352 g/mol. The summed E-state index contributed by atoms with van der Waals surface area (Å²) in [5.74, 6) is -0.266. The number of nitrogens with zero attached hydrogens (tertiary/aromatic N) is 1. The SMILES string of the molecule is COc1ccc(CCNC(=O)C(C=O)c2ccc([N+](=O)[O-])cc2)cc1OC. The Labute approximate surface area is 156 Å². The molecule has 0 aliphatic carbocycles. The molecule has 0 radical (unpaired) electrons. The molecule has 142 valence electrons. The van der Waals surface area contributed by atoms with Crippen molar-refractivity contribution in [3.8, 4) is 11.5 Å². The minimum Gasteiger partial charge on any atom is -0.493 e. The zero-order chi connectivity index (χ0) is 19.8. The van der Waals surface area contributed by atoms with Crippen molar-refractivity contribution in [1.29, 1.82) is 0 Å². The molecule has 2 aromatic rings. The Balaban J connectivity index is 1.97. The van der Waals surface area contributed by atoms with E-state index in [1.54, 1.807) is 20.3 Å². The molecule has 0 heterocycles. The molecule has 0 aromatic heterocycles. The summed E-state index contributed by atoms with van der Waals surface area (Å²) < 4.78 is 10.4. The van der Waals surface area contributed by atoms with Crippen LogP contribution in [0.2, 0.25) is 0 Å². The lowest BCUT2D eigenvalue weighted by molar-refractivity contribution is -0.384. The number of amides is 1. The monoisotopic (exact) mass is 372 g/mol. The standard InChI is InChI=1S/C19H20N2O6/c1-26-17-8-3-13(11-18(17)27-2)9-10-20-19(23)16(12-22)14-4-6-15(7-5-14)21(24)25/h3-8,11-12,16H,9-10H2,1-2H3,(H,20,23). The van der Waals surface area contributed by atoms with E-state index in [1.165, 1.54) is 24.3 Å². The van der Waals surface area contributed by atoms with Gasteiger partial charge in [0.25, 0.3) is 5.69 Å². The number of benzene rings is 2. The van der Waals surface area contributed by atoms with Gasteiger partial charge >= 0.3 is 0 Å². The van der Waals surface area contributed by atoms with Crippen molar-refractivity contribution in [2.45, 2.75) is 12.3 Å². The summed E-state index contributed by atoms with van der Waals surface area (Å²) in [6.45, 7) is 0.325. The Morgan fingerprint density at radius 2 is 1.81 bits per heavy atom. The fourth-order valence-corrected chi connectivity index (χ4v) is 2.57. The van der Waals surface area contributed by atoms with E-state index in [0.29, 0.717) is 36.3 Å². The Kier molecular flexibility index (Phi) is 6.87. The average molecular weight is 372 g/mol. The third kappa shape index (κ3) is 5.04. The zero-order valence-corrected chi connectivity index (χ0v) is 15.0. The maximum Gasteiger partial charge on any atom is 0.269 e. The number of hydrogen-bond acceptors (Lipinski definition) is 6. The molecule has 0 saturated carbocycles. The van der Waals surface area contributed by atoms with Gasteiger partial charge in [-0.05, 0) is 29.7 Å². The number of nitro benzene ring substituents is 1. The van der Waals surface area contributed by atoms with Gasteiger partial charge in [-0.15, -0.1) is 0 Å². The van der Waals surface area contributed by atoms with Crippen LogP contribution in [0.5, 0.6) is 11.5 Å². The Hall–Kier alpha value is -3.42. The third-order valence-corrected chi connectivity index (χ3v) is 4.04. The van der Waals surface area contributed by atoms with Gasteiger partial charge in [-0.2, -0.15) is 0 Å². The lowest BCUT2D eigenvalue weighted by Crippen LogP contribution is -2.31. The van der Waals surface area contributed by atoms with Crippen LogP contribution in [0.15, 0.2) is 42.5 Å². The van der Waals surface area contributed by atoms with E-state index in [-0.39, 0.29) is 5.69 Å². The normalized spacial score (nSPS) is 11.3. The van der Waals surface area contributed by atoms with Crippen LogP contribution >= 0.6 is 0 Å². The van der Waals surface area contributed by atoms with Gasteiger partial charge in [0.05, 0.1) is 19.1 Å². The molecule has 1 unspecified atom stereocenters. The Morgan fingerprint density at radius 1 is 1.15 bits per heavy atom. The van der Waals surface area contributed by atoms with Gasteiger partial charge in [-0.3, -0.25) is 14.9 Å². The molecule has 1 atom stereocenters. The van der Waals surface area contributed by atoms with E-state index in [9.17, 15) is 19.7 Å². The van der Waals surface area contributed by atoms with Gasteiger partial charge in [-0.1, -0.05) is 18.2 Å². The molecule has 0 aliphatic rings. The van der Waals surface area contributed by atoms with Gasteiger partial charge < -0.3 is 19.6 Å². The number of rotatable bonds is 9. The summed E-state index contributed by atoms with van der Waals surface area (Å²) in [6, 6.07) is 10.8. The van der Waals surface area contributed by atoms with E-state index >= 15 is 0 Å². The molecule has 2 aromatic carbocycles. The van der Waals surface area contributed by atoms with Gasteiger partial charge in [0.2, 0.25) is 5.91 Å². The number of ether oxygens (including phenoxy) is 2. The molecule has 1 amide bonds. The molecule has 27 heavy (non-hydrogen) atoms. The summed E-state index contributed by atoms with van der Waals surface area (Å²) in [5, 5.41) is 13.4. The molecule has 8 nitrogen and oxygen atoms in total. The van der Waals surface area contributed by atoms with E-state index in [1.807, 2.05) is 12.1 Å². The molecule has 1 N–H and O–H groups in total. The van der Waals surface area contributed by atoms with E-state index in [0.717, 1.165) is 5.56 Å². The number of nitro groups is 1. The van der Waals surface area contributed by atoms with Crippen molar-refractivity contribution >= 4 is 17.9 Å². The first-order valence-corrected chi connectivity index (χ1v) is 8.18. The first-order chi connectivity index (χ1) is 13.0. The summed E-state index contributed by atoms with van der Waals surface area (Å²) in [6.07, 6.45) is 1.06. The highest BCUT2D eigenvalue weighted by molar-refractivity contribution is 5.97. The second-order valence-electron chi connectivity index (χ2n) is 5.69. The maximum absolute atomic E-state index is 12.3.